The molecule has 0 saturated heterocycles. The summed E-state index contributed by atoms with van der Waals surface area (Å²) in [4.78, 5) is 23.6. The van der Waals surface area contributed by atoms with Crippen molar-refractivity contribution in [3.63, 3.8) is 0 Å². The van der Waals surface area contributed by atoms with Gasteiger partial charge in [0.25, 0.3) is 0 Å². The first-order chi connectivity index (χ1) is 17.1. The largest absolute Gasteiger partial charge is 0.472 e. The van der Waals surface area contributed by atoms with Crippen molar-refractivity contribution in [2.45, 2.75) is 32.6 Å². The normalized spacial score (nSPS) is 12.9. The van der Waals surface area contributed by atoms with Crippen LogP contribution in [0.2, 0.25) is 0 Å². The number of hydrogen-bond acceptors (Lipinski definition) is 6. The Kier molecular flexibility index (Phi) is 5.66. The van der Waals surface area contributed by atoms with Crippen molar-refractivity contribution in [1.29, 1.82) is 0 Å². The van der Waals surface area contributed by atoms with Crippen LogP contribution in [0, 0.1) is 6.92 Å². The fourth-order valence-electron chi connectivity index (χ4n) is 4.70. The summed E-state index contributed by atoms with van der Waals surface area (Å²) in [5, 5.41) is 4.61. The van der Waals surface area contributed by atoms with E-state index in [2.05, 4.69) is 54.7 Å². The standard InChI is InChI=1S/C29H25N3O2S/c1-18-15-25-28(31-27(32-29(25)35-18)23-12-14-34-17-23)30-13-2-3-19-4-6-20(7-5-19)21-8-10-24-22(16-21)9-11-26(24)33/h4-8,10,12,14-17H,2-3,9,11,13H2,1H3,(H,30,31,32). The molecule has 3 aromatic heterocycles. The summed E-state index contributed by atoms with van der Waals surface area (Å²) in [7, 11) is 0. The van der Waals surface area contributed by atoms with Crippen LogP contribution in [0.4, 0.5) is 5.82 Å². The average molecular weight is 480 g/mol. The number of furan rings is 1. The number of carbonyl (C=O) groups excluding carboxylic acids is 1. The molecule has 174 valence electrons. The smallest absolute Gasteiger partial charge is 0.166 e. The number of fused-ring (bicyclic) bond motifs is 2. The molecule has 0 amide bonds. The predicted molar refractivity (Wildman–Crippen MR) is 141 cm³/mol. The maximum atomic E-state index is 11.9. The van der Waals surface area contributed by atoms with E-state index >= 15 is 0 Å². The Balaban J connectivity index is 1.11. The van der Waals surface area contributed by atoms with Gasteiger partial charge in [0.1, 0.15) is 16.9 Å². The number of nitrogens with one attached hydrogen (secondary N) is 1. The molecule has 35 heavy (non-hydrogen) atoms. The summed E-state index contributed by atoms with van der Waals surface area (Å²) < 4.78 is 5.22. The van der Waals surface area contributed by atoms with Crippen LogP contribution < -0.4 is 5.32 Å². The first-order valence-electron chi connectivity index (χ1n) is 11.9. The van der Waals surface area contributed by atoms with Crippen LogP contribution in [0.25, 0.3) is 32.7 Å². The number of hydrogen-bond donors (Lipinski definition) is 1. The van der Waals surface area contributed by atoms with E-state index in [9.17, 15) is 4.79 Å². The van der Waals surface area contributed by atoms with Gasteiger partial charge in [-0.05, 0) is 60.6 Å². The molecule has 2 aromatic carbocycles. The van der Waals surface area contributed by atoms with E-state index in [1.165, 1.54) is 27.1 Å². The lowest BCUT2D eigenvalue weighted by molar-refractivity contribution is 0.0994. The van der Waals surface area contributed by atoms with Gasteiger partial charge < -0.3 is 9.73 Å². The van der Waals surface area contributed by atoms with Crippen molar-refractivity contribution in [3.05, 3.63) is 88.7 Å². The number of aromatic nitrogens is 2. The van der Waals surface area contributed by atoms with Gasteiger partial charge in [-0.2, -0.15) is 0 Å². The topological polar surface area (TPSA) is 68.0 Å². The van der Waals surface area contributed by atoms with E-state index in [4.69, 9.17) is 14.4 Å². The molecule has 1 aliphatic rings. The summed E-state index contributed by atoms with van der Waals surface area (Å²) in [5.74, 6) is 1.83. The lowest BCUT2D eigenvalue weighted by Crippen LogP contribution is -2.06. The molecule has 0 unspecified atom stereocenters. The monoisotopic (exact) mass is 479 g/mol. The molecule has 0 fully saturated rings. The number of thiophene rings is 1. The summed E-state index contributed by atoms with van der Waals surface area (Å²) in [6, 6.07) is 19.0. The fraction of sp³-hybridized carbons (Fsp3) is 0.207. The van der Waals surface area contributed by atoms with Gasteiger partial charge >= 0.3 is 0 Å². The zero-order valence-corrected chi connectivity index (χ0v) is 20.3. The Morgan fingerprint density at radius 1 is 0.971 bits per heavy atom. The Hall–Kier alpha value is -3.77. The van der Waals surface area contributed by atoms with Crippen LogP contribution in [0.15, 0.2) is 71.5 Å². The second kappa shape index (κ2) is 9.12. The summed E-state index contributed by atoms with van der Waals surface area (Å²) in [6.45, 7) is 2.92. The average Bonchev–Trinajstić information content (AvgIpc) is 3.62. The molecule has 0 spiro atoms. The number of benzene rings is 2. The Bertz CT molecular complexity index is 1520. The molecule has 1 N–H and O–H groups in total. The second-order valence-electron chi connectivity index (χ2n) is 9.01. The fourth-order valence-corrected chi connectivity index (χ4v) is 5.58. The lowest BCUT2D eigenvalue weighted by atomic mass is 9.98. The zero-order chi connectivity index (χ0) is 23.8. The number of rotatable bonds is 7. The van der Waals surface area contributed by atoms with E-state index < -0.39 is 0 Å². The summed E-state index contributed by atoms with van der Waals surface area (Å²) in [6.07, 6.45) is 6.81. The molecule has 5 nitrogen and oxygen atoms in total. The van der Waals surface area contributed by atoms with E-state index in [1.807, 2.05) is 12.1 Å². The molecule has 3 heterocycles. The van der Waals surface area contributed by atoms with Gasteiger partial charge in [-0.25, -0.2) is 9.97 Å². The van der Waals surface area contributed by atoms with E-state index in [0.29, 0.717) is 12.2 Å². The molecule has 0 radical (unpaired) electrons. The molecule has 1 aliphatic carbocycles. The van der Waals surface area contributed by atoms with Crippen LogP contribution in [0.3, 0.4) is 0 Å². The Labute approximate surface area is 207 Å². The van der Waals surface area contributed by atoms with Gasteiger partial charge in [0.05, 0.1) is 17.2 Å². The minimum absolute atomic E-state index is 0.269. The number of aryl methyl sites for hydroxylation is 3. The summed E-state index contributed by atoms with van der Waals surface area (Å²) >= 11 is 1.68. The minimum atomic E-state index is 0.269. The first kappa shape index (κ1) is 21.7. The van der Waals surface area contributed by atoms with Crippen molar-refractivity contribution in [1.82, 2.24) is 9.97 Å². The van der Waals surface area contributed by atoms with E-state index in [0.717, 1.165) is 53.0 Å². The van der Waals surface area contributed by atoms with Crippen LogP contribution >= 0.6 is 11.3 Å². The third kappa shape index (κ3) is 4.37. The van der Waals surface area contributed by atoms with Crippen molar-refractivity contribution >= 4 is 33.2 Å². The van der Waals surface area contributed by atoms with E-state index in [1.54, 1.807) is 23.9 Å². The van der Waals surface area contributed by atoms with Gasteiger partial charge in [-0.1, -0.05) is 42.5 Å². The number of carbonyl (C=O) groups is 1. The van der Waals surface area contributed by atoms with Crippen molar-refractivity contribution < 1.29 is 9.21 Å². The van der Waals surface area contributed by atoms with Crippen molar-refractivity contribution in [2.75, 3.05) is 11.9 Å². The van der Waals surface area contributed by atoms with Gasteiger partial charge in [0, 0.05) is 23.4 Å². The first-order valence-corrected chi connectivity index (χ1v) is 12.8. The third-order valence-corrected chi connectivity index (χ3v) is 7.49. The molecule has 6 rings (SSSR count). The van der Waals surface area contributed by atoms with Crippen LogP contribution in [-0.4, -0.2) is 22.3 Å². The van der Waals surface area contributed by atoms with Crippen molar-refractivity contribution in [2.24, 2.45) is 0 Å². The Morgan fingerprint density at radius 2 is 1.83 bits per heavy atom. The molecule has 0 atom stereocenters. The maximum absolute atomic E-state index is 11.9. The highest BCUT2D eigenvalue weighted by Crippen LogP contribution is 2.31. The number of nitrogens with zero attached hydrogens (tertiary/aromatic N) is 2. The maximum Gasteiger partial charge on any atom is 0.166 e. The second-order valence-corrected chi connectivity index (χ2v) is 10.2. The van der Waals surface area contributed by atoms with Gasteiger partial charge in [0.2, 0.25) is 0 Å². The van der Waals surface area contributed by atoms with Gasteiger partial charge in [0.15, 0.2) is 11.6 Å². The number of anilines is 1. The van der Waals surface area contributed by atoms with Gasteiger partial charge in [-0.15, -0.1) is 11.3 Å². The molecular weight excluding hydrogens is 454 g/mol. The zero-order valence-electron chi connectivity index (χ0n) is 19.5. The SMILES string of the molecule is Cc1cc2c(NCCCc3ccc(-c4ccc5c(c4)CCC5=O)cc3)nc(-c3ccoc3)nc2s1. The lowest BCUT2D eigenvalue weighted by Gasteiger charge is -2.09. The minimum Gasteiger partial charge on any atom is -0.472 e. The molecule has 0 aliphatic heterocycles. The molecule has 0 saturated carbocycles. The molecule has 0 bridgehead atoms. The molecule has 6 heteroatoms. The quantitative estimate of drug-likeness (QED) is 0.252. The highest BCUT2D eigenvalue weighted by molar-refractivity contribution is 7.18. The highest BCUT2D eigenvalue weighted by Gasteiger charge is 2.19. The molecular formula is C29H25N3O2S. The number of ketones is 1. The van der Waals surface area contributed by atoms with E-state index in [-0.39, 0.29) is 5.78 Å². The molecule has 5 aromatic rings. The third-order valence-electron chi connectivity index (χ3n) is 6.54. The van der Waals surface area contributed by atoms with Crippen LogP contribution in [-0.2, 0) is 12.8 Å². The van der Waals surface area contributed by atoms with Crippen LogP contribution in [0.5, 0.6) is 0 Å². The number of Topliss-reactive ketones (excluding diaryl/α,β-unsaturated/α-hetero) is 1. The van der Waals surface area contributed by atoms with Gasteiger partial charge in [-0.3, -0.25) is 4.79 Å². The van der Waals surface area contributed by atoms with Crippen molar-refractivity contribution in [3.8, 4) is 22.5 Å². The predicted octanol–water partition coefficient (Wildman–Crippen LogP) is 7.10. The summed E-state index contributed by atoms with van der Waals surface area (Å²) in [5.41, 5.74) is 6.64. The van der Waals surface area contributed by atoms with Crippen LogP contribution in [0.1, 0.15) is 39.2 Å². The Morgan fingerprint density at radius 3 is 2.66 bits per heavy atom. The highest BCUT2D eigenvalue weighted by atomic mass is 32.1.